The first-order valence-electron chi connectivity index (χ1n) is 8.56. The lowest BCUT2D eigenvalue weighted by atomic mass is 10.1. The average molecular weight is 377 g/mol. The highest BCUT2D eigenvalue weighted by atomic mass is 16.3. The molecule has 2 heterocycles. The van der Waals surface area contributed by atoms with Gasteiger partial charge in [-0.1, -0.05) is 30.3 Å². The lowest BCUT2D eigenvalue weighted by Crippen LogP contribution is -2.20. The third-order valence-electron chi connectivity index (χ3n) is 4.15. The summed E-state index contributed by atoms with van der Waals surface area (Å²) in [6, 6.07) is 11.1. The molecule has 0 aliphatic heterocycles. The number of rotatable bonds is 4. The third-order valence-corrected chi connectivity index (χ3v) is 4.15. The summed E-state index contributed by atoms with van der Waals surface area (Å²) >= 11 is 0. The average Bonchev–Trinajstić information content (AvgIpc) is 3.09. The van der Waals surface area contributed by atoms with E-state index in [2.05, 4.69) is 30.4 Å². The second-order valence-electron chi connectivity index (χ2n) is 6.60. The van der Waals surface area contributed by atoms with Gasteiger partial charge in [0.25, 0.3) is 11.7 Å². The molecule has 28 heavy (non-hydrogen) atoms. The van der Waals surface area contributed by atoms with Crippen molar-refractivity contribution in [1.29, 1.82) is 0 Å². The van der Waals surface area contributed by atoms with Gasteiger partial charge in [0.15, 0.2) is 0 Å². The molecule has 2 aromatic heterocycles. The van der Waals surface area contributed by atoms with E-state index >= 15 is 0 Å². The Balaban J connectivity index is 1.86. The molecule has 10 nitrogen and oxygen atoms in total. The standard InChI is InChI=1S/C18H19N9O/c1-25(2)15-19-16-22-24-17(27(16)18(20-15)26(3)4)23-21-14-12-8-6-5-7-11(12)9-10-13(14)28/h5-10,28H,1-4H3. The number of phenols is 1. The number of hydrogen-bond acceptors (Lipinski definition) is 9. The quantitative estimate of drug-likeness (QED) is 0.545. The number of aromatic nitrogens is 5. The van der Waals surface area contributed by atoms with Gasteiger partial charge in [-0.2, -0.15) is 9.97 Å². The minimum Gasteiger partial charge on any atom is -0.506 e. The molecule has 0 aliphatic rings. The number of aromatic hydroxyl groups is 1. The Morgan fingerprint density at radius 3 is 2.43 bits per heavy atom. The molecule has 0 radical (unpaired) electrons. The van der Waals surface area contributed by atoms with Gasteiger partial charge in [-0.3, -0.25) is 0 Å². The summed E-state index contributed by atoms with van der Waals surface area (Å²) in [4.78, 5) is 12.5. The van der Waals surface area contributed by atoms with Crippen LogP contribution < -0.4 is 9.80 Å². The molecule has 0 saturated carbocycles. The van der Waals surface area contributed by atoms with Crippen LogP contribution in [0.5, 0.6) is 5.75 Å². The van der Waals surface area contributed by atoms with Crippen molar-refractivity contribution in [1.82, 2.24) is 24.6 Å². The number of phenolic OH excluding ortho intramolecular Hbond substituents is 1. The Labute approximate surface area is 160 Å². The third kappa shape index (κ3) is 2.94. The lowest BCUT2D eigenvalue weighted by molar-refractivity contribution is 0.477. The zero-order chi connectivity index (χ0) is 19.8. The van der Waals surface area contributed by atoms with Gasteiger partial charge in [-0.15, -0.1) is 20.4 Å². The summed E-state index contributed by atoms with van der Waals surface area (Å²) in [6.07, 6.45) is 0. The maximum Gasteiger partial charge on any atom is 0.278 e. The molecular weight excluding hydrogens is 358 g/mol. The molecule has 2 aromatic carbocycles. The van der Waals surface area contributed by atoms with Crippen molar-refractivity contribution < 1.29 is 5.11 Å². The largest absolute Gasteiger partial charge is 0.506 e. The van der Waals surface area contributed by atoms with Crippen molar-refractivity contribution in [3.8, 4) is 5.75 Å². The molecule has 0 unspecified atom stereocenters. The Hall–Kier alpha value is -3.82. The number of fused-ring (bicyclic) bond motifs is 2. The van der Waals surface area contributed by atoms with Crippen LogP contribution in [-0.4, -0.2) is 57.9 Å². The summed E-state index contributed by atoms with van der Waals surface area (Å²) in [5, 5.41) is 28.7. The van der Waals surface area contributed by atoms with Gasteiger partial charge in [-0.25, -0.2) is 4.40 Å². The normalized spacial score (nSPS) is 11.6. The zero-order valence-corrected chi connectivity index (χ0v) is 15.9. The molecule has 0 amide bonds. The fraction of sp³-hybridized carbons (Fsp3) is 0.222. The van der Waals surface area contributed by atoms with E-state index in [9.17, 15) is 5.11 Å². The van der Waals surface area contributed by atoms with E-state index in [1.54, 1.807) is 15.4 Å². The van der Waals surface area contributed by atoms with Crippen molar-refractivity contribution in [2.75, 3.05) is 38.0 Å². The molecule has 1 N–H and O–H groups in total. The van der Waals surface area contributed by atoms with Crippen molar-refractivity contribution in [2.24, 2.45) is 10.2 Å². The van der Waals surface area contributed by atoms with Gasteiger partial charge in [-0.05, 0) is 11.5 Å². The van der Waals surface area contributed by atoms with Gasteiger partial charge in [0.1, 0.15) is 11.4 Å². The molecule has 142 valence electrons. The SMILES string of the molecule is CN(C)c1nc(N(C)C)n2c(N=Nc3c(O)ccc4ccccc34)nnc2n1. The zero-order valence-electron chi connectivity index (χ0n) is 15.9. The predicted octanol–water partition coefficient (Wildman–Crippen LogP) is 2.93. The molecule has 4 aromatic rings. The van der Waals surface area contributed by atoms with Gasteiger partial charge in [0.2, 0.25) is 11.9 Å². The second kappa shape index (κ2) is 6.72. The molecule has 4 rings (SSSR count). The first-order valence-corrected chi connectivity index (χ1v) is 8.56. The molecule has 0 spiro atoms. The molecule has 0 atom stereocenters. The van der Waals surface area contributed by atoms with Crippen LogP contribution in [0.4, 0.5) is 23.5 Å². The van der Waals surface area contributed by atoms with Crippen LogP contribution in [0.2, 0.25) is 0 Å². The maximum absolute atomic E-state index is 10.3. The van der Waals surface area contributed by atoms with Crippen molar-refractivity contribution in [3.05, 3.63) is 36.4 Å². The Morgan fingerprint density at radius 1 is 0.893 bits per heavy atom. The van der Waals surface area contributed by atoms with Gasteiger partial charge in [0, 0.05) is 33.6 Å². The number of nitrogens with zero attached hydrogens (tertiary/aromatic N) is 9. The summed E-state index contributed by atoms with van der Waals surface area (Å²) in [5.74, 6) is 1.69. The first kappa shape index (κ1) is 17.6. The highest BCUT2D eigenvalue weighted by Gasteiger charge is 2.17. The van der Waals surface area contributed by atoms with E-state index in [0.717, 1.165) is 10.8 Å². The minimum absolute atomic E-state index is 0.0373. The van der Waals surface area contributed by atoms with Crippen LogP contribution >= 0.6 is 0 Å². The van der Waals surface area contributed by atoms with Gasteiger partial charge in [0.05, 0.1) is 0 Å². The topological polar surface area (TPSA) is 107 Å². The summed E-state index contributed by atoms with van der Waals surface area (Å²) < 4.78 is 1.61. The van der Waals surface area contributed by atoms with E-state index in [1.807, 2.05) is 63.4 Å². The fourth-order valence-corrected chi connectivity index (χ4v) is 2.78. The van der Waals surface area contributed by atoms with Crippen molar-refractivity contribution in [2.45, 2.75) is 0 Å². The van der Waals surface area contributed by atoms with Crippen molar-refractivity contribution >= 4 is 40.1 Å². The monoisotopic (exact) mass is 377 g/mol. The lowest BCUT2D eigenvalue weighted by Gasteiger charge is -2.16. The Morgan fingerprint density at radius 2 is 1.68 bits per heavy atom. The highest BCUT2D eigenvalue weighted by Crippen LogP contribution is 2.36. The summed E-state index contributed by atoms with van der Waals surface area (Å²) in [5.41, 5.74) is 0.368. The number of benzene rings is 2. The second-order valence-corrected chi connectivity index (χ2v) is 6.60. The van der Waals surface area contributed by atoms with Crippen LogP contribution in [0.3, 0.4) is 0 Å². The van der Waals surface area contributed by atoms with Crippen LogP contribution in [0, 0.1) is 0 Å². The number of azo groups is 1. The predicted molar refractivity (Wildman–Crippen MR) is 107 cm³/mol. The van der Waals surface area contributed by atoms with E-state index in [4.69, 9.17) is 0 Å². The van der Waals surface area contributed by atoms with Crippen LogP contribution in [0.15, 0.2) is 46.6 Å². The van der Waals surface area contributed by atoms with E-state index in [1.165, 1.54) is 0 Å². The first-order chi connectivity index (χ1) is 13.5. The van der Waals surface area contributed by atoms with Gasteiger partial charge >= 0.3 is 0 Å². The highest BCUT2D eigenvalue weighted by molar-refractivity contribution is 5.95. The van der Waals surface area contributed by atoms with Gasteiger partial charge < -0.3 is 14.9 Å². The molecular formula is C18H19N9O. The van der Waals surface area contributed by atoms with Crippen molar-refractivity contribution in [3.63, 3.8) is 0 Å². The Bertz CT molecular complexity index is 1200. The molecule has 10 heteroatoms. The number of anilines is 2. The Kier molecular flexibility index (Phi) is 4.22. The minimum atomic E-state index is 0.0373. The summed E-state index contributed by atoms with van der Waals surface area (Å²) in [6.45, 7) is 0. The smallest absolute Gasteiger partial charge is 0.278 e. The molecule has 0 fully saturated rings. The van der Waals surface area contributed by atoms with E-state index in [0.29, 0.717) is 23.4 Å². The molecule has 0 saturated heterocycles. The van der Waals surface area contributed by atoms with Crippen LogP contribution in [-0.2, 0) is 0 Å². The number of hydrogen-bond donors (Lipinski definition) is 1. The van der Waals surface area contributed by atoms with Crippen LogP contribution in [0.25, 0.3) is 16.6 Å². The fourth-order valence-electron chi connectivity index (χ4n) is 2.78. The van der Waals surface area contributed by atoms with Crippen LogP contribution in [0.1, 0.15) is 0 Å². The maximum atomic E-state index is 10.3. The van der Waals surface area contributed by atoms with E-state index in [-0.39, 0.29) is 11.7 Å². The molecule has 0 aliphatic carbocycles. The van der Waals surface area contributed by atoms with E-state index < -0.39 is 0 Å². The summed E-state index contributed by atoms with van der Waals surface area (Å²) in [7, 11) is 7.43. The molecule has 0 bridgehead atoms.